The molecule has 23 heavy (non-hydrogen) atoms. The summed E-state index contributed by atoms with van der Waals surface area (Å²) in [5.74, 6) is 0.0682. The summed E-state index contributed by atoms with van der Waals surface area (Å²) in [4.78, 5) is 0. The lowest BCUT2D eigenvalue weighted by atomic mass is 10.2. The van der Waals surface area contributed by atoms with E-state index in [2.05, 4.69) is 0 Å². The molecule has 1 aromatic rings. The average molecular weight is 334 g/mol. The molecule has 0 saturated carbocycles. The Bertz CT molecular complexity index is 613. The van der Waals surface area contributed by atoms with Gasteiger partial charge in [0.2, 0.25) is 0 Å². The molecule has 1 atom stereocenters. The van der Waals surface area contributed by atoms with Crippen molar-refractivity contribution in [2.75, 3.05) is 12.4 Å². The zero-order valence-corrected chi connectivity index (χ0v) is 14.7. The van der Waals surface area contributed by atoms with E-state index < -0.39 is 9.84 Å². The van der Waals surface area contributed by atoms with Crippen LogP contribution in [-0.4, -0.2) is 20.8 Å². The van der Waals surface area contributed by atoms with E-state index in [0.717, 1.165) is 12.0 Å². The van der Waals surface area contributed by atoms with Crippen molar-refractivity contribution >= 4 is 9.84 Å². The Hall–Kier alpha value is -1.65. The maximum atomic E-state index is 11.9. The lowest BCUT2D eigenvalue weighted by Gasteiger charge is -2.05. The van der Waals surface area contributed by atoms with Gasteiger partial charge < -0.3 is 4.74 Å². The predicted octanol–water partition coefficient (Wildman–Crippen LogP) is 4.29. The van der Waals surface area contributed by atoms with E-state index in [4.69, 9.17) is 4.74 Å². The fraction of sp³-hybridized carbons (Fsp3) is 0.368. The standard InChI is InChI=1S/C19H26O3S/c1-3-4-5-9-15-23(20,21)17-18(2)11-10-14-22-16-19-12-7-6-8-13-19/h4-13,15,18H,3,14,16-17H2,1-2H3/b5-4+,11-10-,15-9+/t18-/m1/s1. The Morgan fingerprint density at radius 3 is 2.57 bits per heavy atom. The Morgan fingerprint density at radius 2 is 1.87 bits per heavy atom. The van der Waals surface area contributed by atoms with Gasteiger partial charge in [-0.2, -0.15) is 0 Å². The van der Waals surface area contributed by atoms with Gasteiger partial charge in [0.05, 0.1) is 19.0 Å². The first-order valence-electron chi connectivity index (χ1n) is 7.88. The molecule has 4 heteroatoms. The second-order valence-electron chi connectivity index (χ2n) is 5.40. The highest BCUT2D eigenvalue weighted by Gasteiger charge is 2.09. The molecule has 0 saturated heterocycles. The van der Waals surface area contributed by atoms with Crippen LogP contribution in [0.5, 0.6) is 0 Å². The van der Waals surface area contributed by atoms with Gasteiger partial charge in [-0.3, -0.25) is 0 Å². The van der Waals surface area contributed by atoms with Gasteiger partial charge in [0, 0.05) is 5.41 Å². The molecule has 0 aromatic heterocycles. The maximum absolute atomic E-state index is 11.9. The monoisotopic (exact) mass is 334 g/mol. The first-order chi connectivity index (χ1) is 11.0. The summed E-state index contributed by atoms with van der Waals surface area (Å²) in [6.07, 6.45) is 9.92. The Morgan fingerprint density at radius 1 is 1.13 bits per heavy atom. The van der Waals surface area contributed by atoms with E-state index in [1.807, 2.05) is 62.4 Å². The van der Waals surface area contributed by atoms with E-state index in [-0.39, 0.29) is 11.7 Å². The third kappa shape index (κ3) is 9.87. The number of ether oxygens (including phenoxy) is 1. The van der Waals surface area contributed by atoms with Gasteiger partial charge in [0.1, 0.15) is 0 Å². The van der Waals surface area contributed by atoms with Gasteiger partial charge in [0.25, 0.3) is 0 Å². The molecular weight excluding hydrogens is 308 g/mol. The molecule has 0 spiro atoms. The molecule has 0 aliphatic rings. The normalized spacial score (nSPS) is 14.2. The Balaban J connectivity index is 2.30. The highest BCUT2D eigenvalue weighted by Crippen LogP contribution is 2.06. The van der Waals surface area contributed by atoms with Gasteiger partial charge in [0.15, 0.2) is 9.84 Å². The highest BCUT2D eigenvalue weighted by atomic mass is 32.2. The van der Waals surface area contributed by atoms with Crippen LogP contribution in [0.3, 0.4) is 0 Å². The predicted molar refractivity (Wildman–Crippen MR) is 96.8 cm³/mol. The van der Waals surface area contributed by atoms with Crippen molar-refractivity contribution in [1.29, 1.82) is 0 Å². The SMILES string of the molecule is CC/C=C/C=C/S(=O)(=O)C[C@H](C)/C=C\COCc1ccccc1. The molecule has 0 radical (unpaired) electrons. The number of hydrogen-bond acceptors (Lipinski definition) is 3. The highest BCUT2D eigenvalue weighted by molar-refractivity contribution is 7.94. The lowest BCUT2D eigenvalue weighted by Crippen LogP contribution is -2.09. The minimum absolute atomic E-state index is 0.0415. The van der Waals surface area contributed by atoms with Gasteiger partial charge in [-0.05, 0) is 17.9 Å². The molecule has 1 rings (SSSR count). The summed E-state index contributed by atoms with van der Waals surface area (Å²) in [5, 5.41) is 1.27. The van der Waals surface area contributed by atoms with Gasteiger partial charge in [-0.1, -0.05) is 74.6 Å². The van der Waals surface area contributed by atoms with Crippen molar-refractivity contribution in [3.8, 4) is 0 Å². The summed E-state index contributed by atoms with van der Waals surface area (Å²) >= 11 is 0. The summed E-state index contributed by atoms with van der Waals surface area (Å²) in [7, 11) is -3.17. The van der Waals surface area contributed by atoms with E-state index in [1.54, 1.807) is 12.2 Å². The van der Waals surface area contributed by atoms with Gasteiger partial charge >= 0.3 is 0 Å². The quantitative estimate of drug-likeness (QED) is 0.364. The molecule has 3 nitrogen and oxygen atoms in total. The molecule has 0 aliphatic heterocycles. The molecule has 0 N–H and O–H groups in total. The fourth-order valence-electron chi connectivity index (χ4n) is 1.96. The minimum Gasteiger partial charge on any atom is -0.373 e. The molecule has 126 valence electrons. The zero-order valence-electron chi connectivity index (χ0n) is 13.9. The van der Waals surface area contributed by atoms with Crippen molar-refractivity contribution < 1.29 is 13.2 Å². The van der Waals surface area contributed by atoms with E-state index >= 15 is 0 Å². The lowest BCUT2D eigenvalue weighted by molar-refractivity contribution is 0.148. The molecule has 0 aliphatic carbocycles. The first-order valence-corrected chi connectivity index (χ1v) is 9.59. The summed E-state index contributed by atoms with van der Waals surface area (Å²) in [6.45, 7) is 4.94. The second-order valence-corrected chi connectivity index (χ2v) is 7.33. The largest absolute Gasteiger partial charge is 0.373 e. The van der Waals surface area contributed by atoms with Gasteiger partial charge in [-0.15, -0.1) is 0 Å². The van der Waals surface area contributed by atoms with E-state index in [1.165, 1.54) is 5.41 Å². The number of rotatable bonds is 10. The van der Waals surface area contributed by atoms with Crippen molar-refractivity contribution in [1.82, 2.24) is 0 Å². The number of allylic oxidation sites excluding steroid dienone is 4. The first kappa shape index (κ1) is 19.4. The molecule has 0 bridgehead atoms. The third-order valence-corrected chi connectivity index (χ3v) is 4.62. The van der Waals surface area contributed by atoms with Crippen molar-refractivity contribution in [2.24, 2.45) is 5.92 Å². The number of benzene rings is 1. The topological polar surface area (TPSA) is 43.4 Å². The molecule has 0 heterocycles. The van der Waals surface area contributed by atoms with Crippen LogP contribution in [0, 0.1) is 5.92 Å². The Kier molecular flexibility index (Phi) is 9.25. The summed E-state index contributed by atoms with van der Waals surface area (Å²) < 4.78 is 29.3. The third-order valence-electron chi connectivity index (χ3n) is 3.05. The maximum Gasteiger partial charge on any atom is 0.172 e. The zero-order chi connectivity index (χ0) is 17.0. The van der Waals surface area contributed by atoms with Gasteiger partial charge in [-0.25, -0.2) is 8.42 Å². The van der Waals surface area contributed by atoms with E-state index in [0.29, 0.717) is 13.2 Å². The van der Waals surface area contributed by atoms with E-state index in [9.17, 15) is 8.42 Å². The summed E-state index contributed by atoms with van der Waals surface area (Å²) in [5.41, 5.74) is 1.13. The second kappa shape index (κ2) is 11.0. The van der Waals surface area contributed by atoms with Crippen LogP contribution in [0.15, 0.2) is 66.1 Å². The molecule has 0 amide bonds. The smallest absolute Gasteiger partial charge is 0.172 e. The fourth-order valence-corrected chi connectivity index (χ4v) is 3.25. The van der Waals surface area contributed by atoms with Crippen molar-refractivity contribution in [3.05, 3.63) is 71.7 Å². The Labute approximate surface area is 140 Å². The molecular formula is C19H26O3S. The molecule has 0 unspecified atom stereocenters. The van der Waals surface area contributed by atoms with Crippen LogP contribution >= 0.6 is 0 Å². The van der Waals surface area contributed by atoms with Crippen LogP contribution in [0.25, 0.3) is 0 Å². The average Bonchev–Trinajstić information content (AvgIpc) is 2.52. The van der Waals surface area contributed by atoms with Crippen LogP contribution in [0.4, 0.5) is 0 Å². The van der Waals surface area contributed by atoms with Crippen LogP contribution in [0.1, 0.15) is 25.8 Å². The number of sulfone groups is 1. The van der Waals surface area contributed by atoms with Crippen LogP contribution in [0.2, 0.25) is 0 Å². The van der Waals surface area contributed by atoms with Crippen LogP contribution < -0.4 is 0 Å². The van der Waals surface area contributed by atoms with Crippen LogP contribution in [-0.2, 0) is 21.2 Å². The summed E-state index contributed by atoms with van der Waals surface area (Å²) in [6, 6.07) is 9.95. The number of hydrogen-bond donors (Lipinski definition) is 0. The van der Waals surface area contributed by atoms with Crippen molar-refractivity contribution in [3.63, 3.8) is 0 Å². The molecule has 1 aromatic carbocycles. The minimum atomic E-state index is -3.17. The van der Waals surface area contributed by atoms with Crippen molar-refractivity contribution in [2.45, 2.75) is 26.9 Å². The molecule has 0 fully saturated rings.